The van der Waals surface area contributed by atoms with E-state index in [0.29, 0.717) is 6.04 Å². The van der Waals surface area contributed by atoms with Crippen LogP contribution in [0.3, 0.4) is 0 Å². The predicted octanol–water partition coefficient (Wildman–Crippen LogP) is 3.27. The average molecular weight is 264 g/mol. The van der Waals surface area contributed by atoms with Gasteiger partial charge in [-0.25, -0.2) is 0 Å². The third-order valence-corrected chi connectivity index (χ3v) is 5.09. The normalized spacial score (nSPS) is 30.3. The maximum atomic E-state index is 3.74. The van der Waals surface area contributed by atoms with Crippen LogP contribution in [0.2, 0.25) is 0 Å². The molecule has 2 unspecified atom stereocenters. The number of rotatable bonds is 4. The molecule has 0 radical (unpaired) electrons. The van der Waals surface area contributed by atoms with Crippen molar-refractivity contribution in [2.75, 3.05) is 20.1 Å². The molecule has 1 aliphatic carbocycles. The Morgan fingerprint density at radius 2 is 2.22 bits per heavy atom. The highest BCUT2D eigenvalue weighted by Gasteiger charge is 2.30. The Balaban J connectivity index is 1.72. The van der Waals surface area contributed by atoms with Crippen LogP contribution in [0.25, 0.3) is 0 Å². The minimum Gasteiger partial charge on any atom is -0.314 e. The molecule has 18 heavy (non-hydrogen) atoms. The van der Waals surface area contributed by atoms with Gasteiger partial charge in [-0.2, -0.15) is 11.3 Å². The van der Waals surface area contributed by atoms with Crippen LogP contribution in [-0.2, 0) is 0 Å². The van der Waals surface area contributed by atoms with E-state index in [1.165, 1.54) is 50.8 Å². The Morgan fingerprint density at radius 1 is 1.33 bits per heavy atom. The zero-order valence-corrected chi connectivity index (χ0v) is 12.1. The number of thiophene rings is 1. The fraction of sp³-hybridized carbons (Fsp3) is 0.733. The van der Waals surface area contributed by atoms with E-state index in [9.17, 15) is 0 Å². The molecular weight excluding hydrogens is 240 g/mol. The van der Waals surface area contributed by atoms with E-state index < -0.39 is 0 Å². The minimum atomic E-state index is 0.630. The lowest BCUT2D eigenvalue weighted by molar-refractivity contribution is 0.189. The second-order valence-electron chi connectivity index (χ2n) is 5.92. The number of likely N-dealkylation sites (tertiary alicyclic amines) is 1. The van der Waals surface area contributed by atoms with E-state index in [2.05, 4.69) is 34.1 Å². The van der Waals surface area contributed by atoms with E-state index in [4.69, 9.17) is 0 Å². The molecule has 2 nitrogen and oxygen atoms in total. The first-order valence-corrected chi connectivity index (χ1v) is 8.24. The van der Waals surface area contributed by atoms with Crippen LogP contribution in [-0.4, -0.2) is 31.1 Å². The molecule has 1 N–H and O–H groups in total. The monoisotopic (exact) mass is 264 g/mol. The lowest BCUT2D eigenvalue weighted by Crippen LogP contribution is -2.35. The molecule has 100 valence electrons. The number of hydrogen-bond donors (Lipinski definition) is 1. The van der Waals surface area contributed by atoms with Crippen molar-refractivity contribution in [3.8, 4) is 0 Å². The van der Waals surface area contributed by atoms with E-state index in [1.54, 1.807) is 0 Å². The summed E-state index contributed by atoms with van der Waals surface area (Å²) in [6.45, 7) is 2.45. The highest BCUT2D eigenvalue weighted by molar-refractivity contribution is 7.07. The highest BCUT2D eigenvalue weighted by Crippen LogP contribution is 2.35. The van der Waals surface area contributed by atoms with Gasteiger partial charge in [0.15, 0.2) is 0 Å². The first-order chi connectivity index (χ1) is 8.84. The molecule has 0 amide bonds. The number of hydrogen-bond acceptors (Lipinski definition) is 3. The van der Waals surface area contributed by atoms with Gasteiger partial charge >= 0.3 is 0 Å². The molecule has 2 fully saturated rings. The van der Waals surface area contributed by atoms with Crippen molar-refractivity contribution in [1.82, 2.24) is 10.2 Å². The third-order valence-electron chi connectivity index (χ3n) is 4.39. The second kappa shape index (κ2) is 5.72. The third kappa shape index (κ3) is 2.95. The van der Waals surface area contributed by atoms with Crippen molar-refractivity contribution in [1.29, 1.82) is 0 Å². The van der Waals surface area contributed by atoms with Gasteiger partial charge < -0.3 is 5.32 Å². The Kier molecular flexibility index (Phi) is 4.02. The molecule has 2 heterocycles. The van der Waals surface area contributed by atoms with Crippen LogP contribution in [0, 0.1) is 5.92 Å². The van der Waals surface area contributed by atoms with Crippen LogP contribution >= 0.6 is 11.3 Å². The molecule has 1 saturated heterocycles. The van der Waals surface area contributed by atoms with Crippen molar-refractivity contribution in [3.63, 3.8) is 0 Å². The molecule has 1 saturated carbocycles. The molecule has 0 aromatic carbocycles. The molecule has 1 aromatic rings. The molecule has 0 bridgehead atoms. The zero-order chi connectivity index (χ0) is 12.4. The van der Waals surface area contributed by atoms with Crippen molar-refractivity contribution in [2.45, 2.75) is 44.2 Å². The number of nitrogens with zero attached hydrogens (tertiary/aromatic N) is 1. The van der Waals surface area contributed by atoms with Crippen LogP contribution in [0.5, 0.6) is 0 Å². The lowest BCUT2D eigenvalue weighted by atomic mass is 9.90. The molecule has 2 aliphatic rings. The first kappa shape index (κ1) is 12.6. The predicted molar refractivity (Wildman–Crippen MR) is 78.1 cm³/mol. The summed E-state index contributed by atoms with van der Waals surface area (Å²) >= 11 is 1.83. The van der Waals surface area contributed by atoms with E-state index in [0.717, 1.165) is 12.0 Å². The Bertz CT molecular complexity index is 359. The fourth-order valence-corrected chi connectivity index (χ4v) is 3.90. The second-order valence-corrected chi connectivity index (χ2v) is 6.70. The number of nitrogens with one attached hydrogen (secondary N) is 1. The summed E-state index contributed by atoms with van der Waals surface area (Å²) in [6.07, 6.45) is 6.92. The highest BCUT2D eigenvalue weighted by atomic mass is 32.1. The molecule has 3 heteroatoms. The topological polar surface area (TPSA) is 15.3 Å². The fourth-order valence-electron chi connectivity index (χ4n) is 3.21. The van der Waals surface area contributed by atoms with E-state index >= 15 is 0 Å². The van der Waals surface area contributed by atoms with E-state index in [1.807, 2.05) is 11.3 Å². The van der Waals surface area contributed by atoms with Crippen LogP contribution < -0.4 is 5.32 Å². The van der Waals surface area contributed by atoms with Gasteiger partial charge in [-0.05, 0) is 67.6 Å². The first-order valence-electron chi connectivity index (χ1n) is 7.30. The quantitative estimate of drug-likeness (QED) is 0.898. The van der Waals surface area contributed by atoms with Crippen LogP contribution in [0.1, 0.15) is 43.7 Å². The summed E-state index contributed by atoms with van der Waals surface area (Å²) < 4.78 is 0. The molecule has 1 aliphatic heterocycles. The summed E-state index contributed by atoms with van der Waals surface area (Å²) in [4.78, 5) is 2.58. The van der Waals surface area contributed by atoms with Gasteiger partial charge in [0.1, 0.15) is 0 Å². The largest absolute Gasteiger partial charge is 0.314 e. The summed E-state index contributed by atoms with van der Waals surface area (Å²) in [5.41, 5.74) is 1.53. The van der Waals surface area contributed by atoms with Gasteiger partial charge in [0, 0.05) is 18.6 Å². The van der Waals surface area contributed by atoms with Gasteiger partial charge in [0.05, 0.1) is 0 Å². The van der Waals surface area contributed by atoms with Crippen LogP contribution in [0.15, 0.2) is 16.8 Å². The Morgan fingerprint density at radius 3 is 2.94 bits per heavy atom. The summed E-state index contributed by atoms with van der Waals surface area (Å²) in [6, 6.07) is 3.79. The lowest BCUT2D eigenvalue weighted by Gasteiger charge is -2.32. The van der Waals surface area contributed by atoms with Crippen LogP contribution in [0.4, 0.5) is 0 Å². The van der Waals surface area contributed by atoms with Gasteiger partial charge in [0.25, 0.3) is 0 Å². The van der Waals surface area contributed by atoms with Gasteiger partial charge in [-0.15, -0.1) is 0 Å². The van der Waals surface area contributed by atoms with Gasteiger partial charge in [0.2, 0.25) is 0 Å². The van der Waals surface area contributed by atoms with Crippen molar-refractivity contribution in [3.05, 3.63) is 22.4 Å². The molecule has 3 rings (SSSR count). The Hall–Kier alpha value is -0.380. The van der Waals surface area contributed by atoms with Gasteiger partial charge in [-0.1, -0.05) is 6.42 Å². The standard InChI is InChI=1S/C15H24N2S/c1-17-8-3-2-4-12(10-16-14-5-6-14)15(17)13-7-9-18-11-13/h7,9,11-12,14-16H,2-6,8,10H2,1H3. The van der Waals surface area contributed by atoms with Crippen molar-refractivity contribution >= 4 is 11.3 Å². The maximum absolute atomic E-state index is 3.74. The summed E-state index contributed by atoms with van der Waals surface area (Å²) in [5.74, 6) is 0.785. The minimum absolute atomic E-state index is 0.630. The SMILES string of the molecule is CN1CCCCC(CNC2CC2)C1c1ccsc1. The van der Waals surface area contributed by atoms with Crippen molar-refractivity contribution < 1.29 is 0 Å². The molecule has 0 spiro atoms. The maximum Gasteiger partial charge on any atom is 0.0393 e. The summed E-state index contributed by atoms with van der Waals surface area (Å²) in [7, 11) is 2.30. The van der Waals surface area contributed by atoms with Gasteiger partial charge in [-0.3, -0.25) is 4.90 Å². The molecule has 2 atom stereocenters. The van der Waals surface area contributed by atoms with E-state index in [-0.39, 0.29) is 0 Å². The average Bonchev–Trinajstić information content (AvgIpc) is 3.09. The van der Waals surface area contributed by atoms with Crippen molar-refractivity contribution in [2.24, 2.45) is 5.92 Å². The zero-order valence-electron chi connectivity index (χ0n) is 11.3. The molecule has 1 aromatic heterocycles. The molecular formula is C15H24N2S. The Labute approximate surface area is 114 Å². The summed E-state index contributed by atoms with van der Waals surface area (Å²) in [5, 5.41) is 8.31. The smallest absolute Gasteiger partial charge is 0.0393 e.